The molecule has 0 atom stereocenters. The van der Waals surface area contributed by atoms with E-state index in [0.29, 0.717) is 31.2 Å². The third-order valence-electron chi connectivity index (χ3n) is 5.25. The van der Waals surface area contributed by atoms with Crippen LogP contribution in [0.5, 0.6) is 0 Å². The van der Waals surface area contributed by atoms with E-state index in [1.165, 1.54) is 12.8 Å². The highest BCUT2D eigenvalue weighted by atomic mass is 16.5. The molecule has 1 aromatic heterocycles. The fraction of sp³-hybridized carbons (Fsp3) is 0.824. The van der Waals surface area contributed by atoms with E-state index in [1.54, 1.807) is 11.9 Å². The minimum atomic E-state index is -0.690. The summed E-state index contributed by atoms with van der Waals surface area (Å²) in [6, 6.07) is 0. The van der Waals surface area contributed by atoms with E-state index in [2.05, 4.69) is 10.1 Å². The summed E-state index contributed by atoms with van der Waals surface area (Å²) in [6.45, 7) is 0.420. The first kappa shape index (κ1) is 16.4. The van der Waals surface area contributed by atoms with Gasteiger partial charge in [-0.05, 0) is 25.7 Å². The molecule has 0 bridgehead atoms. The van der Waals surface area contributed by atoms with Gasteiger partial charge in [0, 0.05) is 32.4 Å². The molecule has 128 valence electrons. The van der Waals surface area contributed by atoms with E-state index < -0.39 is 5.60 Å². The van der Waals surface area contributed by atoms with Crippen molar-refractivity contribution in [1.82, 2.24) is 15.0 Å². The molecule has 3 rings (SSSR count). The van der Waals surface area contributed by atoms with Crippen molar-refractivity contribution < 1.29 is 14.4 Å². The number of likely N-dealkylation sites (N-methyl/N-ethyl adjacent to an activating group) is 1. The maximum Gasteiger partial charge on any atom is 0.227 e. The maximum atomic E-state index is 12.2. The number of carbonyl (C=O) groups excluding carboxylic acids is 1. The molecule has 2 aliphatic carbocycles. The van der Waals surface area contributed by atoms with E-state index >= 15 is 0 Å². The molecule has 0 aliphatic heterocycles. The van der Waals surface area contributed by atoms with Gasteiger partial charge in [-0.25, -0.2) is 0 Å². The van der Waals surface area contributed by atoms with Crippen molar-refractivity contribution in [2.24, 2.45) is 0 Å². The lowest BCUT2D eigenvalue weighted by atomic mass is 10.0. The van der Waals surface area contributed by atoms with Crippen LogP contribution < -0.4 is 0 Å². The largest absolute Gasteiger partial charge is 0.388 e. The van der Waals surface area contributed by atoms with Crippen LogP contribution in [0.4, 0.5) is 0 Å². The molecule has 23 heavy (non-hydrogen) atoms. The maximum absolute atomic E-state index is 12.2. The lowest BCUT2D eigenvalue weighted by molar-refractivity contribution is -0.133. The fourth-order valence-corrected chi connectivity index (χ4v) is 3.85. The van der Waals surface area contributed by atoms with Crippen LogP contribution in [0.1, 0.15) is 75.4 Å². The predicted octanol–water partition coefficient (Wildman–Crippen LogP) is 2.42. The number of aryl methyl sites for hydroxylation is 1. The molecular formula is C17H27N3O3. The Bertz CT molecular complexity index is 531. The Hall–Kier alpha value is -1.43. The summed E-state index contributed by atoms with van der Waals surface area (Å²) < 4.78 is 5.28. The zero-order chi connectivity index (χ0) is 16.3. The predicted molar refractivity (Wildman–Crippen MR) is 84.9 cm³/mol. The van der Waals surface area contributed by atoms with Crippen LogP contribution >= 0.6 is 0 Å². The second kappa shape index (κ2) is 6.99. The van der Waals surface area contributed by atoms with Gasteiger partial charge in [-0.15, -0.1) is 0 Å². The van der Waals surface area contributed by atoms with Gasteiger partial charge < -0.3 is 14.5 Å². The summed E-state index contributed by atoms with van der Waals surface area (Å²) >= 11 is 0. The molecule has 1 amide bonds. The van der Waals surface area contributed by atoms with Gasteiger partial charge in [0.05, 0.1) is 5.60 Å². The van der Waals surface area contributed by atoms with Crippen molar-refractivity contribution in [3.8, 4) is 0 Å². The number of nitrogens with zero attached hydrogens (tertiary/aromatic N) is 3. The zero-order valence-corrected chi connectivity index (χ0v) is 14.0. The van der Waals surface area contributed by atoms with Crippen LogP contribution in [0.15, 0.2) is 4.52 Å². The summed E-state index contributed by atoms with van der Waals surface area (Å²) in [4.78, 5) is 18.3. The molecule has 6 heteroatoms. The van der Waals surface area contributed by atoms with Gasteiger partial charge in [0.1, 0.15) is 0 Å². The lowest BCUT2D eigenvalue weighted by Gasteiger charge is -2.28. The highest BCUT2D eigenvalue weighted by Crippen LogP contribution is 2.32. The van der Waals surface area contributed by atoms with Gasteiger partial charge in [-0.3, -0.25) is 4.79 Å². The van der Waals surface area contributed by atoms with Crippen LogP contribution in [-0.4, -0.2) is 45.2 Å². The Balaban J connectivity index is 1.46. The first-order valence-electron chi connectivity index (χ1n) is 8.85. The molecule has 0 radical (unpaired) electrons. The summed E-state index contributed by atoms with van der Waals surface area (Å²) in [5.74, 6) is 1.81. The number of carbonyl (C=O) groups is 1. The van der Waals surface area contributed by atoms with Crippen LogP contribution in [0.25, 0.3) is 0 Å². The number of hydrogen-bond acceptors (Lipinski definition) is 5. The Morgan fingerprint density at radius 3 is 2.70 bits per heavy atom. The standard InChI is InChI=1S/C17H27N3O3/c1-20(12-17(22)10-4-5-11-17)15(21)9-8-14-18-16(19-23-14)13-6-2-3-7-13/h13,22H,2-12H2,1H3. The number of hydrogen-bond donors (Lipinski definition) is 1. The number of rotatable bonds is 6. The first-order valence-corrected chi connectivity index (χ1v) is 8.85. The van der Waals surface area contributed by atoms with E-state index in [4.69, 9.17) is 4.52 Å². The van der Waals surface area contributed by atoms with Crippen LogP contribution in [0.2, 0.25) is 0 Å². The number of aliphatic hydroxyl groups is 1. The molecule has 0 unspecified atom stereocenters. The van der Waals surface area contributed by atoms with Gasteiger partial charge in [0.15, 0.2) is 5.82 Å². The molecule has 1 aromatic rings. The Kier molecular flexibility index (Phi) is 4.99. The van der Waals surface area contributed by atoms with E-state index in [1.807, 2.05) is 0 Å². The second-order valence-electron chi connectivity index (χ2n) is 7.21. The normalized spacial score (nSPS) is 21.0. The van der Waals surface area contributed by atoms with E-state index in [-0.39, 0.29) is 5.91 Å². The minimum absolute atomic E-state index is 0.0194. The Morgan fingerprint density at radius 1 is 1.30 bits per heavy atom. The molecule has 0 spiro atoms. The molecule has 1 N–H and O–H groups in total. The van der Waals surface area contributed by atoms with Crippen molar-refractivity contribution >= 4 is 5.91 Å². The molecule has 2 fully saturated rings. The Labute approximate surface area is 137 Å². The van der Waals surface area contributed by atoms with Crippen molar-refractivity contribution in [3.63, 3.8) is 0 Å². The highest BCUT2D eigenvalue weighted by Gasteiger charge is 2.33. The van der Waals surface area contributed by atoms with Gasteiger partial charge in [0.2, 0.25) is 11.8 Å². The molecule has 2 aliphatic rings. The summed E-state index contributed by atoms with van der Waals surface area (Å²) in [5, 5.41) is 14.4. The monoisotopic (exact) mass is 321 g/mol. The topological polar surface area (TPSA) is 79.5 Å². The smallest absolute Gasteiger partial charge is 0.227 e. The van der Waals surface area contributed by atoms with E-state index in [0.717, 1.165) is 44.3 Å². The third-order valence-corrected chi connectivity index (χ3v) is 5.25. The SMILES string of the molecule is CN(CC1(O)CCCC1)C(=O)CCc1nc(C2CCCC2)no1. The van der Waals surface area contributed by atoms with Crippen molar-refractivity contribution in [3.05, 3.63) is 11.7 Å². The summed E-state index contributed by atoms with van der Waals surface area (Å²) in [5.41, 5.74) is -0.690. The second-order valence-corrected chi connectivity index (χ2v) is 7.21. The lowest BCUT2D eigenvalue weighted by Crippen LogP contribution is -2.42. The fourth-order valence-electron chi connectivity index (χ4n) is 3.85. The van der Waals surface area contributed by atoms with Crippen LogP contribution in [-0.2, 0) is 11.2 Å². The summed E-state index contributed by atoms with van der Waals surface area (Å²) in [7, 11) is 1.76. The number of aromatic nitrogens is 2. The third kappa shape index (κ3) is 4.10. The van der Waals surface area contributed by atoms with Crippen molar-refractivity contribution in [1.29, 1.82) is 0 Å². The molecule has 0 saturated heterocycles. The molecule has 1 heterocycles. The van der Waals surface area contributed by atoms with Gasteiger partial charge in [-0.2, -0.15) is 4.98 Å². The first-order chi connectivity index (χ1) is 11.1. The summed E-state index contributed by atoms with van der Waals surface area (Å²) in [6.07, 6.45) is 9.24. The van der Waals surface area contributed by atoms with Gasteiger partial charge in [0.25, 0.3) is 0 Å². The zero-order valence-electron chi connectivity index (χ0n) is 14.0. The molecule has 2 saturated carbocycles. The van der Waals surface area contributed by atoms with E-state index in [9.17, 15) is 9.90 Å². The van der Waals surface area contributed by atoms with Crippen molar-refractivity contribution in [2.75, 3.05) is 13.6 Å². The average molecular weight is 321 g/mol. The molecule has 6 nitrogen and oxygen atoms in total. The Morgan fingerprint density at radius 2 is 2.00 bits per heavy atom. The average Bonchev–Trinajstić information content (AvgIpc) is 3.25. The minimum Gasteiger partial charge on any atom is -0.388 e. The number of amides is 1. The van der Waals surface area contributed by atoms with Gasteiger partial charge >= 0.3 is 0 Å². The highest BCUT2D eigenvalue weighted by molar-refractivity contribution is 5.76. The molecular weight excluding hydrogens is 294 g/mol. The van der Waals surface area contributed by atoms with Crippen molar-refractivity contribution in [2.45, 2.75) is 75.7 Å². The quantitative estimate of drug-likeness (QED) is 0.870. The molecule has 0 aromatic carbocycles. The van der Waals surface area contributed by atoms with Gasteiger partial charge in [-0.1, -0.05) is 30.8 Å². The van der Waals surface area contributed by atoms with Crippen LogP contribution in [0.3, 0.4) is 0 Å². The van der Waals surface area contributed by atoms with Crippen LogP contribution in [0, 0.1) is 0 Å².